The predicted molar refractivity (Wildman–Crippen MR) is 91.6 cm³/mol. The third-order valence-corrected chi connectivity index (χ3v) is 6.08. The fraction of sp³-hybridized carbons (Fsp3) is 0.500. The number of carbonyl (C=O) groups is 2. The number of rotatable bonds is 7. The van der Waals surface area contributed by atoms with Gasteiger partial charge in [-0.15, -0.1) is 0 Å². The largest absolute Gasteiger partial charge is 0.495 e. The van der Waals surface area contributed by atoms with Crippen LogP contribution in [0.3, 0.4) is 0 Å². The normalized spacial score (nSPS) is 17.5. The van der Waals surface area contributed by atoms with Crippen molar-refractivity contribution in [2.24, 2.45) is 0 Å². The number of nitrogens with one attached hydrogen (secondary N) is 1. The number of amides is 1. The molecule has 1 unspecified atom stereocenters. The summed E-state index contributed by atoms with van der Waals surface area (Å²) in [6, 6.07) is 3.93. The van der Waals surface area contributed by atoms with Crippen molar-refractivity contribution >= 4 is 21.9 Å². The smallest absolute Gasteiger partial charge is 0.337 e. The van der Waals surface area contributed by atoms with Crippen molar-refractivity contribution in [2.75, 3.05) is 26.7 Å². The summed E-state index contributed by atoms with van der Waals surface area (Å²) in [6.07, 6.45) is 1.54. The molecule has 1 aromatic rings. The summed E-state index contributed by atoms with van der Waals surface area (Å²) >= 11 is 0. The van der Waals surface area contributed by atoms with Crippen molar-refractivity contribution < 1.29 is 33.0 Å². The number of sulfonamides is 1. The van der Waals surface area contributed by atoms with Gasteiger partial charge in [-0.25, -0.2) is 13.2 Å². The minimum Gasteiger partial charge on any atom is -0.495 e. The zero-order chi connectivity index (χ0) is 19.5. The highest BCUT2D eigenvalue weighted by molar-refractivity contribution is 7.89. The Balaban J connectivity index is 2.29. The van der Waals surface area contributed by atoms with Crippen molar-refractivity contribution in [3.63, 3.8) is 0 Å². The lowest BCUT2D eigenvalue weighted by molar-refractivity contribution is -0.155. The van der Waals surface area contributed by atoms with E-state index in [1.807, 2.05) is 0 Å². The highest BCUT2D eigenvalue weighted by Gasteiger charge is 2.32. The molecule has 1 heterocycles. The van der Waals surface area contributed by atoms with Crippen LogP contribution in [-0.4, -0.2) is 67.2 Å². The van der Waals surface area contributed by atoms with Crippen molar-refractivity contribution in [3.8, 4) is 5.75 Å². The minimum atomic E-state index is -3.81. The molecule has 1 aliphatic rings. The highest BCUT2D eigenvalue weighted by Crippen LogP contribution is 2.29. The summed E-state index contributed by atoms with van der Waals surface area (Å²) in [6.45, 7) is 1.33. The Kier molecular flexibility index (Phi) is 5.89. The molecule has 10 heteroatoms. The molecule has 1 saturated heterocycles. The maximum atomic E-state index is 12.8. The summed E-state index contributed by atoms with van der Waals surface area (Å²) in [4.78, 5) is 23.0. The van der Waals surface area contributed by atoms with Gasteiger partial charge in [0, 0.05) is 18.7 Å². The molecule has 0 aromatic heterocycles. The van der Waals surface area contributed by atoms with E-state index >= 15 is 0 Å². The van der Waals surface area contributed by atoms with Gasteiger partial charge in [-0.3, -0.25) is 4.79 Å². The van der Waals surface area contributed by atoms with E-state index in [4.69, 9.17) is 9.84 Å². The summed E-state index contributed by atoms with van der Waals surface area (Å²) < 4.78 is 32.0. The number of aliphatic hydroxyl groups is 1. The molecule has 26 heavy (non-hydrogen) atoms. The van der Waals surface area contributed by atoms with Crippen molar-refractivity contribution in [1.29, 1.82) is 0 Å². The van der Waals surface area contributed by atoms with Crippen LogP contribution in [0.1, 0.15) is 30.1 Å². The molecule has 1 fully saturated rings. The molecular formula is C16H22N2O7S. The molecule has 0 saturated carbocycles. The fourth-order valence-corrected chi connectivity index (χ4v) is 4.22. The minimum absolute atomic E-state index is 0.0183. The van der Waals surface area contributed by atoms with Crippen LogP contribution in [0, 0.1) is 0 Å². The van der Waals surface area contributed by atoms with Gasteiger partial charge >= 0.3 is 5.97 Å². The second-order valence-corrected chi connectivity index (χ2v) is 8.14. The first-order chi connectivity index (χ1) is 12.1. The first-order valence-corrected chi connectivity index (χ1v) is 9.46. The van der Waals surface area contributed by atoms with E-state index in [-0.39, 0.29) is 16.2 Å². The van der Waals surface area contributed by atoms with Crippen LogP contribution in [0.2, 0.25) is 0 Å². The van der Waals surface area contributed by atoms with Gasteiger partial charge in [0.25, 0.3) is 5.91 Å². The Hall–Kier alpha value is -2.17. The third-order valence-electron chi connectivity index (χ3n) is 4.16. The molecule has 3 N–H and O–H groups in total. The molecule has 0 bridgehead atoms. The zero-order valence-electron chi connectivity index (χ0n) is 14.6. The van der Waals surface area contributed by atoms with Crippen LogP contribution >= 0.6 is 0 Å². The quantitative estimate of drug-likeness (QED) is 0.603. The first-order valence-electron chi connectivity index (χ1n) is 8.02. The molecule has 0 spiro atoms. The van der Waals surface area contributed by atoms with E-state index in [1.54, 1.807) is 0 Å². The van der Waals surface area contributed by atoms with E-state index in [9.17, 15) is 23.1 Å². The summed E-state index contributed by atoms with van der Waals surface area (Å²) in [5, 5.41) is 20.8. The number of hydrogen-bond acceptors (Lipinski definition) is 6. The Morgan fingerprint density at radius 3 is 2.46 bits per heavy atom. The number of methoxy groups -OCH3 is 1. The number of benzene rings is 1. The Morgan fingerprint density at radius 1 is 1.31 bits per heavy atom. The molecule has 2 rings (SSSR count). The lowest BCUT2D eigenvalue weighted by atomic mass is 10.1. The van der Waals surface area contributed by atoms with E-state index in [2.05, 4.69) is 5.32 Å². The standard InChI is InChI=1S/C16H22N2O7S/c1-16(22,15(20)21)10-17-14(19)11-5-6-12(25-2)13(9-11)26(23,24)18-7-3-4-8-18/h5-6,9,22H,3-4,7-8,10H2,1-2H3,(H,17,19)(H,20,21). The summed E-state index contributed by atoms with van der Waals surface area (Å²) in [5.41, 5.74) is -2.11. The number of ether oxygens (including phenoxy) is 1. The lowest BCUT2D eigenvalue weighted by Gasteiger charge is -2.20. The number of carbonyl (C=O) groups excluding carboxylic acids is 1. The number of nitrogens with zero attached hydrogens (tertiary/aromatic N) is 1. The van der Waals surface area contributed by atoms with Crippen molar-refractivity contribution in [2.45, 2.75) is 30.3 Å². The van der Waals surface area contributed by atoms with Crippen LogP contribution in [-0.2, 0) is 14.8 Å². The predicted octanol–water partition coefficient (Wildman–Crippen LogP) is 0.0451. The van der Waals surface area contributed by atoms with Crippen LogP contribution in [0.25, 0.3) is 0 Å². The van der Waals surface area contributed by atoms with Crippen LogP contribution in [0.15, 0.2) is 23.1 Å². The topological polar surface area (TPSA) is 133 Å². The molecule has 0 aliphatic carbocycles. The average Bonchev–Trinajstić information content (AvgIpc) is 3.14. The summed E-state index contributed by atoms with van der Waals surface area (Å²) in [5.74, 6) is -2.07. The molecule has 9 nitrogen and oxygen atoms in total. The maximum absolute atomic E-state index is 12.8. The van der Waals surface area contributed by atoms with Crippen LogP contribution in [0.5, 0.6) is 5.75 Å². The number of hydrogen-bond donors (Lipinski definition) is 3. The van der Waals surface area contributed by atoms with Crippen molar-refractivity contribution in [1.82, 2.24) is 9.62 Å². The van der Waals surface area contributed by atoms with E-state index in [1.165, 1.54) is 29.6 Å². The van der Waals surface area contributed by atoms with Crippen molar-refractivity contribution in [3.05, 3.63) is 23.8 Å². The number of carboxylic acids is 1. The third kappa shape index (κ3) is 4.14. The molecule has 1 aliphatic heterocycles. The molecule has 1 amide bonds. The van der Waals surface area contributed by atoms with E-state index < -0.39 is 34.0 Å². The average molecular weight is 386 g/mol. The van der Waals surface area contributed by atoms with Gasteiger partial charge in [0.2, 0.25) is 10.0 Å². The summed E-state index contributed by atoms with van der Waals surface area (Å²) in [7, 11) is -2.47. The number of aliphatic carboxylic acids is 1. The maximum Gasteiger partial charge on any atom is 0.337 e. The lowest BCUT2D eigenvalue weighted by Crippen LogP contribution is -2.46. The second-order valence-electron chi connectivity index (χ2n) is 6.24. The van der Waals surface area contributed by atoms with Gasteiger partial charge < -0.3 is 20.3 Å². The van der Waals surface area contributed by atoms with Gasteiger partial charge in [-0.1, -0.05) is 0 Å². The SMILES string of the molecule is COc1ccc(C(=O)NCC(C)(O)C(=O)O)cc1S(=O)(=O)N1CCCC1. The van der Waals surface area contributed by atoms with Gasteiger partial charge in [0.15, 0.2) is 5.60 Å². The zero-order valence-corrected chi connectivity index (χ0v) is 15.4. The van der Waals surface area contributed by atoms with E-state index in [0.717, 1.165) is 19.8 Å². The Labute approximate surface area is 151 Å². The second kappa shape index (κ2) is 7.60. The Morgan fingerprint density at radius 2 is 1.92 bits per heavy atom. The monoisotopic (exact) mass is 386 g/mol. The van der Waals surface area contributed by atoms with Gasteiger partial charge in [-0.05, 0) is 38.0 Å². The van der Waals surface area contributed by atoms with Gasteiger partial charge in [-0.2, -0.15) is 4.31 Å². The fourth-order valence-electron chi connectivity index (χ4n) is 2.52. The van der Waals surface area contributed by atoms with Crippen LogP contribution in [0.4, 0.5) is 0 Å². The van der Waals surface area contributed by atoms with Gasteiger partial charge in [0.1, 0.15) is 10.6 Å². The molecule has 1 atom stereocenters. The number of carboxylic acid groups (broad SMARTS) is 1. The first kappa shape index (κ1) is 20.1. The molecule has 0 radical (unpaired) electrons. The van der Waals surface area contributed by atoms with Gasteiger partial charge in [0.05, 0.1) is 13.7 Å². The Bertz CT molecular complexity index is 799. The van der Waals surface area contributed by atoms with Crippen LogP contribution < -0.4 is 10.1 Å². The van der Waals surface area contributed by atoms with E-state index in [0.29, 0.717) is 13.1 Å². The highest BCUT2D eigenvalue weighted by atomic mass is 32.2. The molecule has 144 valence electrons. The molecule has 1 aromatic carbocycles. The molecular weight excluding hydrogens is 364 g/mol.